The normalized spacial score (nSPS) is 13.1. The fraction of sp³-hybridized carbons (Fsp3) is 0. The zero-order valence-corrected chi connectivity index (χ0v) is 22.4. The molecule has 1 aliphatic heterocycles. The standard InChI is InChI=1S/C12H7BrO2S.C12H7BrS.H3P/c13-8-5-6-12-10(7-8)9-3-1-2-4-11(9)16(12,14)15;13-8-5-6-12-10(7-8)9-3-1-2-4-11(9)14-12;/h1-7H;1-7H;1H3. The fourth-order valence-corrected chi connectivity index (χ4v) is 7.16. The van der Waals surface area contributed by atoms with Crippen LogP contribution in [-0.2, 0) is 9.84 Å². The van der Waals surface area contributed by atoms with E-state index < -0.39 is 9.84 Å². The molecule has 156 valence electrons. The van der Waals surface area contributed by atoms with Crippen molar-refractivity contribution in [1.29, 1.82) is 0 Å². The first-order chi connectivity index (χ1) is 14.4. The molecule has 1 aliphatic rings. The molecule has 1 atom stereocenters. The van der Waals surface area contributed by atoms with E-state index in [1.54, 1.807) is 24.3 Å². The minimum Gasteiger partial charge on any atom is -0.218 e. The van der Waals surface area contributed by atoms with Gasteiger partial charge in [0.15, 0.2) is 0 Å². The van der Waals surface area contributed by atoms with Crippen LogP contribution < -0.4 is 0 Å². The quantitative estimate of drug-likeness (QED) is 0.167. The molecule has 5 aromatic rings. The highest BCUT2D eigenvalue weighted by atomic mass is 79.9. The minimum absolute atomic E-state index is 0. The molecule has 1 aromatic heterocycles. The molecule has 6 rings (SSSR count). The molecule has 0 N–H and O–H groups in total. The van der Waals surface area contributed by atoms with Gasteiger partial charge in [0.1, 0.15) is 0 Å². The van der Waals surface area contributed by atoms with Crippen LogP contribution in [0.5, 0.6) is 0 Å². The molecule has 0 saturated carbocycles. The van der Waals surface area contributed by atoms with Crippen LogP contribution in [0.25, 0.3) is 31.3 Å². The molecule has 7 heteroatoms. The Morgan fingerprint density at radius 3 is 2.06 bits per heavy atom. The van der Waals surface area contributed by atoms with Crippen molar-refractivity contribution >= 4 is 83.1 Å². The highest BCUT2D eigenvalue weighted by molar-refractivity contribution is 9.10. The maximum Gasteiger partial charge on any atom is 0.207 e. The maximum absolute atomic E-state index is 12.2. The minimum atomic E-state index is -3.30. The Morgan fingerprint density at radius 2 is 1.23 bits per heavy atom. The van der Waals surface area contributed by atoms with E-state index >= 15 is 0 Å². The third kappa shape index (κ3) is 4.01. The van der Waals surface area contributed by atoms with Gasteiger partial charge < -0.3 is 0 Å². The monoisotopic (exact) mass is 590 g/mol. The van der Waals surface area contributed by atoms with Gasteiger partial charge >= 0.3 is 0 Å². The molecule has 0 radical (unpaired) electrons. The van der Waals surface area contributed by atoms with Gasteiger partial charge in [-0.15, -0.1) is 11.3 Å². The van der Waals surface area contributed by atoms with E-state index in [9.17, 15) is 8.42 Å². The molecule has 1 unspecified atom stereocenters. The second kappa shape index (κ2) is 8.76. The van der Waals surface area contributed by atoms with Crippen molar-refractivity contribution in [2.75, 3.05) is 0 Å². The Morgan fingerprint density at radius 1 is 0.613 bits per heavy atom. The van der Waals surface area contributed by atoms with Crippen LogP contribution in [0.3, 0.4) is 0 Å². The van der Waals surface area contributed by atoms with Crippen LogP contribution in [0.4, 0.5) is 0 Å². The molecule has 4 aromatic carbocycles. The van der Waals surface area contributed by atoms with Gasteiger partial charge in [0.25, 0.3) is 0 Å². The van der Waals surface area contributed by atoms with Crippen LogP contribution in [0.15, 0.2) is 104 Å². The lowest BCUT2D eigenvalue weighted by Crippen LogP contribution is -1.95. The first kappa shape index (κ1) is 22.6. The SMILES string of the molecule is Brc1ccc2sc3ccccc3c2c1.O=S1(=O)c2ccccc2-c2cc(Br)ccc21.P. The Kier molecular flexibility index (Phi) is 6.39. The highest BCUT2D eigenvalue weighted by Crippen LogP contribution is 2.43. The number of halogens is 2. The Labute approximate surface area is 205 Å². The number of sulfone groups is 1. The average Bonchev–Trinajstić information content (AvgIpc) is 3.22. The van der Waals surface area contributed by atoms with Crippen molar-refractivity contribution in [2.45, 2.75) is 9.79 Å². The third-order valence-corrected chi connectivity index (χ3v) is 9.05. The maximum atomic E-state index is 12.2. The van der Waals surface area contributed by atoms with Crippen molar-refractivity contribution in [2.24, 2.45) is 0 Å². The Hall–Kier alpha value is -1.56. The van der Waals surface area contributed by atoms with E-state index in [1.165, 1.54) is 20.2 Å². The number of fused-ring (bicyclic) bond motifs is 6. The third-order valence-electron chi connectivity index (χ3n) is 5.04. The van der Waals surface area contributed by atoms with Crippen LogP contribution in [0.2, 0.25) is 0 Å². The first-order valence-electron chi connectivity index (χ1n) is 9.16. The van der Waals surface area contributed by atoms with Gasteiger partial charge in [0, 0.05) is 40.2 Å². The molecular weight excluding hydrogens is 575 g/mol. The van der Waals surface area contributed by atoms with Crippen molar-refractivity contribution in [3.63, 3.8) is 0 Å². The summed E-state index contributed by atoms with van der Waals surface area (Å²) in [6.07, 6.45) is 0. The largest absolute Gasteiger partial charge is 0.218 e. The number of benzene rings is 4. The van der Waals surface area contributed by atoms with E-state index in [2.05, 4.69) is 74.3 Å². The topological polar surface area (TPSA) is 34.1 Å². The van der Waals surface area contributed by atoms with Gasteiger partial charge in [-0.3, -0.25) is 0 Å². The van der Waals surface area contributed by atoms with E-state index in [1.807, 2.05) is 29.5 Å². The lowest BCUT2D eigenvalue weighted by Gasteiger charge is -1.98. The number of rotatable bonds is 0. The molecule has 0 bridgehead atoms. The molecule has 0 amide bonds. The summed E-state index contributed by atoms with van der Waals surface area (Å²) < 4.78 is 29.1. The first-order valence-corrected chi connectivity index (χ1v) is 13.0. The molecule has 31 heavy (non-hydrogen) atoms. The predicted molar refractivity (Wildman–Crippen MR) is 143 cm³/mol. The summed E-state index contributed by atoms with van der Waals surface area (Å²) in [6.45, 7) is 0. The van der Waals surface area contributed by atoms with E-state index in [0.717, 1.165) is 20.1 Å². The number of hydrogen-bond acceptors (Lipinski definition) is 3. The van der Waals surface area contributed by atoms with Crippen LogP contribution in [0.1, 0.15) is 0 Å². The van der Waals surface area contributed by atoms with E-state index in [0.29, 0.717) is 9.79 Å². The summed E-state index contributed by atoms with van der Waals surface area (Å²) >= 11 is 8.72. The molecule has 2 heterocycles. The van der Waals surface area contributed by atoms with Gasteiger partial charge in [-0.25, -0.2) is 8.42 Å². The second-order valence-electron chi connectivity index (χ2n) is 6.88. The zero-order valence-electron chi connectivity index (χ0n) is 16.2. The van der Waals surface area contributed by atoms with Gasteiger partial charge in [0.2, 0.25) is 9.84 Å². The lowest BCUT2D eigenvalue weighted by molar-refractivity contribution is 0.598. The summed E-state index contributed by atoms with van der Waals surface area (Å²) in [5.41, 5.74) is 1.57. The van der Waals surface area contributed by atoms with Crippen molar-refractivity contribution in [3.8, 4) is 11.1 Å². The molecule has 2 nitrogen and oxygen atoms in total. The lowest BCUT2D eigenvalue weighted by atomic mass is 10.1. The zero-order chi connectivity index (χ0) is 20.9. The number of hydrogen-bond donors (Lipinski definition) is 0. The smallest absolute Gasteiger partial charge is 0.207 e. The molecule has 0 spiro atoms. The molecule has 0 fully saturated rings. The van der Waals surface area contributed by atoms with Gasteiger partial charge in [-0.05, 0) is 48.5 Å². The summed E-state index contributed by atoms with van der Waals surface area (Å²) in [6, 6.07) is 27.3. The summed E-state index contributed by atoms with van der Waals surface area (Å²) in [5, 5.41) is 2.70. The Balaban J connectivity index is 0.000000146. The van der Waals surface area contributed by atoms with Crippen LogP contribution >= 0.6 is 53.1 Å². The summed E-state index contributed by atoms with van der Waals surface area (Å²) in [4.78, 5) is 0.806. The summed E-state index contributed by atoms with van der Waals surface area (Å²) in [7, 11) is -3.30. The fourth-order valence-electron chi connectivity index (χ4n) is 3.69. The van der Waals surface area contributed by atoms with Crippen LogP contribution in [0, 0.1) is 0 Å². The van der Waals surface area contributed by atoms with Gasteiger partial charge in [-0.1, -0.05) is 68.3 Å². The molecule has 0 aliphatic carbocycles. The Bertz CT molecular complexity index is 1540. The molecule has 0 saturated heterocycles. The van der Waals surface area contributed by atoms with Gasteiger partial charge in [0.05, 0.1) is 9.79 Å². The van der Waals surface area contributed by atoms with Crippen LogP contribution in [-0.4, -0.2) is 8.42 Å². The van der Waals surface area contributed by atoms with Gasteiger partial charge in [-0.2, -0.15) is 9.90 Å². The van der Waals surface area contributed by atoms with E-state index in [-0.39, 0.29) is 9.90 Å². The van der Waals surface area contributed by atoms with Crippen molar-refractivity contribution < 1.29 is 8.42 Å². The number of thiophene rings is 1. The highest BCUT2D eigenvalue weighted by Gasteiger charge is 2.32. The second-order valence-corrected chi connectivity index (χ2v) is 11.7. The van der Waals surface area contributed by atoms with E-state index in [4.69, 9.17) is 0 Å². The predicted octanol–water partition coefficient (Wildman–Crippen LogP) is 8.14. The molecular formula is C24H17Br2O2PS2. The summed E-state index contributed by atoms with van der Waals surface area (Å²) in [5.74, 6) is 0. The van der Waals surface area contributed by atoms with Crippen molar-refractivity contribution in [3.05, 3.63) is 93.9 Å². The van der Waals surface area contributed by atoms with Crippen molar-refractivity contribution in [1.82, 2.24) is 0 Å². The average molecular weight is 592 g/mol.